The van der Waals surface area contributed by atoms with Gasteiger partial charge in [-0.05, 0) is 26.0 Å². The summed E-state index contributed by atoms with van der Waals surface area (Å²) in [6.07, 6.45) is 1.32. The number of nitriles is 1. The summed E-state index contributed by atoms with van der Waals surface area (Å²) in [7, 11) is 0. The van der Waals surface area contributed by atoms with Crippen LogP contribution in [0.1, 0.15) is 31.3 Å². The highest BCUT2D eigenvalue weighted by molar-refractivity contribution is 6.31. The molecule has 2 heterocycles. The first-order chi connectivity index (χ1) is 12.9. The molecule has 1 aromatic carbocycles. The maximum atomic E-state index is 13.5. The fourth-order valence-electron chi connectivity index (χ4n) is 2.61. The second-order valence-electron chi connectivity index (χ2n) is 5.53. The number of esters is 1. The molecule has 0 saturated carbocycles. The summed E-state index contributed by atoms with van der Waals surface area (Å²) in [5, 5.41) is 15.9. The average Bonchev–Trinajstić information content (AvgIpc) is 3.10. The fourth-order valence-corrected chi connectivity index (χ4v) is 2.88. The Morgan fingerprint density at radius 1 is 1.52 bits per heavy atom. The van der Waals surface area contributed by atoms with Crippen molar-refractivity contribution in [3.63, 3.8) is 0 Å². The zero-order chi connectivity index (χ0) is 19.6. The minimum absolute atomic E-state index is 0.0336. The van der Waals surface area contributed by atoms with E-state index in [9.17, 15) is 9.18 Å². The van der Waals surface area contributed by atoms with E-state index in [0.717, 1.165) is 6.07 Å². The Morgan fingerprint density at radius 2 is 2.30 bits per heavy atom. The van der Waals surface area contributed by atoms with Crippen LogP contribution in [0.2, 0.25) is 5.02 Å². The van der Waals surface area contributed by atoms with E-state index in [1.165, 1.54) is 23.1 Å². The summed E-state index contributed by atoms with van der Waals surface area (Å²) < 4.78 is 19.9. The number of allylic oxidation sites excluding steroid dienone is 1. The molecule has 138 valence electrons. The van der Waals surface area contributed by atoms with Crippen LogP contribution in [0.3, 0.4) is 0 Å². The first kappa shape index (κ1) is 18.5. The van der Waals surface area contributed by atoms with Gasteiger partial charge in [0.25, 0.3) is 5.82 Å². The Morgan fingerprint density at radius 3 is 2.93 bits per heavy atom. The standard InChI is InChI=1S/C17H14ClFN6O2/c1-3-27-16(26)14-9(2)22-17(25-8-21-13(7-20)24-25)23-15(14)11-5-4-10(19)6-12(11)18/h4-6,8,15H,3H2,1-2H3,(H,22,23). The lowest BCUT2D eigenvalue weighted by Gasteiger charge is -2.26. The van der Waals surface area contributed by atoms with E-state index >= 15 is 0 Å². The van der Waals surface area contributed by atoms with Gasteiger partial charge in [0, 0.05) is 16.3 Å². The second kappa shape index (κ2) is 7.55. The van der Waals surface area contributed by atoms with Gasteiger partial charge in [0.2, 0.25) is 5.96 Å². The minimum atomic E-state index is -0.844. The lowest BCUT2D eigenvalue weighted by atomic mass is 9.96. The Bertz CT molecular complexity index is 1010. The SMILES string of the molecule is CCOC(=O)C1=C(C)NC(n2cnc(C#N)n2)=NC1c1ccc(F)cc1Cl. The Balaban J connectivity index is 2.12. The van der Waals surface area contributed by atoms with Crippen molar-refractivity contribution in [2.45, 2.75) is 19.9 Å². The molecule has 8 nitrogen and oxygen atoms in total. The molecule has 1 aromatic heterocycles. The molecule has 0 saturated heterocycles. The van der Waals surface area contributed by atoms with Crippen LogP contribution in [0, 0.1) is 17.1 Å². The maximum absolute atomic E-state index is 13.5. The monoisotopic (exact) mass is 388 g/mol. The molecule has 2 aromatic rings. The molecule has 0 bridgehead atoms. The number of carbonyl (C=O) groups excluding carboxylic acids is 1. The van der Waals surface area contributed by atoms with Crippen molar-refractivity contribution in [3.8, 4) is 6.07 Å². The van der Waals surface area contributed by atoms with E-state index in [0.29, 0.717) is 11.3 Å². The lowest BCUT2D eigenvalue weighted by molar-refractivity contribution is -0.138. The maximum Gasteiger partial charge on any atom is 0.338 e. The van der Waals surface area contributed by atoms with Gasteiger partial charge in [0.05, 0.1) is 12.2 Å². The van der Waals surface area contributed by atoms with Gasteiger partial charge in [-0.15, -0.1) is 5.10 Å². The molecule has 0 fully saturated rings. The van der Waals surface area contributed by atoms with Crippen molar-refractivity contribution in [1.82, 2.24) is 20.1 Å². The van der Waals surface area contributed by atoms with Gasteiger partial charge in [-0.1, -0.05) is 17.7 Å². The number of aliphatic imine (C=N–C) groups is 1. The molecule has 3 rings (SSSR count). The van der Waals surface area contributed by atoms with Crippen molar-refractivity contribution in [2.75, 3.05) is 6.61 Å². The van der Waals surface area contributed by atoms with Crippen LogP contribution < -0.4 is 5.32 Å². The van der Waals surface area contributed by atoms with Crippen LogP contribution in [0.5, 0.6) is 0 Å². The molecule has 27 heavy (non-hydrogen) atoms. The van der Waals surface area contributed by atoms with E-state index in [2.05, 4.69) is 20.4 Å². The number of nitrogens with one attached hydrogen (secondary N) is 1. The number of hydrogen-bond donors (Lipinski definition) is 1. The third-order valence-corrected chi connectivity index (χ3v) is 4.12. The molecule has 1 atom stereocenters. The van der Waals surface area contributed by atoms with Gasteiger partial charge >= 0.3 is 5.97 Å². The van der Waals surface area contributed by atoms with Crippen molar-refractivity contribution in [2.24, 2.45) is 4.99 Å². The summed E-state index contributed by atoms with van der Waals surface area (Å²) in [6, 6.07) is 4.83. The lowest BCUT2D eigenvalue weighted by Crippen LogP contribution is -2.36. The molecule has 0 spiro atoms. The Labute approximate surface area is 158 Å². The van der Waals surface area contributed by atoms with Crippen LogP contribution in [-0.2, 0) is 9.53 Å². The molecular formula is C17H14ClFN6O2. The zero-order valence-corrected chi connectivity index (χ0v) is 15.2. The normalized spacial score (nSPS) is 16.4. The van der Waals surface area contributed by atoms with Crippen LogP contribution in [-0.4, -0.2) is 33.3 Å². The molecule has 1 N–H and O–H groups in total. The number of aromatic nitrogens is 3. The molecule has 1 aliphatic rings. The van der Waals surface area contributed by atoms with Crippen LogP contribution >= 0.6 is 11.6 Å². The molecule has 0 aliphatic carbocycles. The number of ether oxygens (including phenoxy) is 1. The predicted molar refractivity (Wildman–Crippen MR) is 94.2 cm³/mol. The van der Waals surface area contributed by atoms with E-state index in [1.807, 2.05) is 6.07 Å². The minimum Gasteiger partial charge on any atom is -0.463 e. The highest BCUT2D eigenvalue weighted by atomic mass is 35.5. The van der Waals surface area contributed by atoms with E-state index in [4.69, 9.17) is 21.6 Å². The summed E-state index contributed by atoms with van der Waals surface area (Å²) in [5.74, 6) is -0.865. The number of carbonyl (C=O) groups is 1. The first-order valence-corrected chi connectivity index (χ1v) is 8.32. The number of nitrogens with zero attached hydrogens (tertiary/aromatic N) is 5. The molecule has 10 heteroatoms. The fraction of sp³-hybridized carbons (Fsp3) is 0.235. The topological polar surface area (TPSA) is 105 Å². The van der Waals surface area contributed by atoms with E-state index < -0.39 is 17.8 Å². The molecule has 0 radical (unpaired) electrons. The molecule has 1 unspecified atom stereocenters. The van der Waals surface area contributed by atoms with Gasteiger partial charge in [0.1, 0.15) is 24.3 Å². The van der Waals surface area contributed by atoms with Crippen LogP contribution in [0.15, 0.2) is 40.8 Å². The van der Waals surface area contributed by atoms with Crippen LogP contribution in [0.25, 0.3) is 0 Å². The number of rotatable bonds is 3. The Kier molecular flexibility index (Phi) is 5.19. The third kappa shape index (κ3) is 3.66. The smallest absolute Gasteiger partial charge is 0.338 e. The number of hydrogen-bond acceptors (Lipinski definition) is 7. The summed E-state index contributed by atoms with van der Waals surface area (Å²) in [4.78, 5) is 20.8. The second-order valence-corrected chi connectivity index (χ2v) is 5.94. The quantitative estimate of drug-likeness (QED) is 0.809. The van der Waals surface area contributed by atoms with E-state index in [-0.39, 0.29) is 29.0 Å². The Hall–Kier alpha value is -3.25. The van der Waals surface area contributed by atoms with Gasteiger partial charge in [-0.3, -0.25) is 0 Å². The number of halogens is 2. The predicted octanol–water partition coefficient (Wildman–Crippen LogP) is 2.33. The molecule has 1 aliphatic heterocycles. The highest BCUT2D eigenvalue weighted by Gasteiger charge is 2.32. The average molecular weight is 389 g/mol. The van der Waals surface area contributed by atoms with Crippen molar-refractivity contribution < 1.29 is 13.9 Å². The summed E-state index contributed by atoms with van der Waals surface area (Å²) in [5.41, 5.74) is 1.15. The van der Waals surface area contributed by atoms with Crippen molar-refractivity contribution in [1.29, 1.82) is 5.26 Å². The summed E-state index contributed by atoms with van der Waals surface area (Å²) in [6.45, 7) is 3.55. The molecular weight excluding hydrogens is 375 g/mol. The summed E-state index contributed by atoms with van der Waals surface area (Å²) >= 11 is 6.20. The molecule has 0 amide bonds. The highest BCUT2D eigenvalue weighted by Crippen LogP contribution is 2.35. The van der Waals surface area contributed by atoms with Crippen molar-refractivity contribution in [3.05, 3.63) is 58.0 Å². The zero-order valence-electron chi connectivity index (χ0n) is 14.4. The number of benzene rings is 1. The first-order valence-electron chi connectivity index (χ1n) is 7.94. The van der Waals surface area contributed by atoms with Gasteiger partial charge < -0.3 is 10.1 Å². The van der Waals surface area contributed by atoms with E-state index in [1.54, 1.807) is 13.8 Å². The van der Waals surface area contributed by atoms with Gasteiger partial charge in [0.15, 0.2) is 0 Å². The third-order valence-electron chi connectivity index (χ3n) is 3.79. The van der Waals surface area contributed by atoms with Gasteiger partial charge in [-0.25, -0.2) is 19.2 Å². The van der Waals surface area contributed by atoms with Crippen molar-refractivity contribution >= 4 is 23.5 Å². The van der Waals surface area contributed by atoms with Crippen LogP contribution in [0.4, 0.5) is 4.39 Å². The van der Waals surface area contributed by atoms with Gasteiger partial charge in [-0.2, -0.15) is 9.94 Å². The largest absolute Gasteiger partial charge is 0.463 e.